The summed E-state index contributed by atoms with van der Waals surface area (Å²) in [6.45, 7) is 11.1. The van der Waals surface area contributed by atoms with Crippen molar-refractivity contribution in [2.75, 3.05) is 27.2 Å². The number of likely N-dealkylation sites (tertiary alicyclic amines) is 1. The monoisotopic (exact) mass is 740 g/mol. The van der Waals surface area contributed by atoms with Crippen LogP contribution in [0.3, 0.4) is 0 Å². The zero-order valence-corrected chi connectivity index (χ0v) is 32.7. The van der Waals surface area contributed by atoms with E-state index in [1.54, 1.807) is 58.3 Å². The molecule has 2 aliphatic rings. The summed E-state index contributed by atoms with van der Waals surface area (Å²) in [6, 6.07) is 4.61. The second-order valence-electron chi connectivity index (χ2n) is 15.8. The van der Waals surface area contributed by atoms with E-state index in [-0.39, 0.29) is 42.7 Å². The van der Waals surface area contributed by atoms with Gasteiger partial charge in [-0.15, -0.1) is 0 Å². The van der Waals surface area contributed by atoms with E-state index in [0.29, 0.717) is 18.4 Å². The largest absolute Gasteiger partial charge is 0.446 e. The molecule has 4 N–H and O–H groups in total. The van der Waals surface area contributed by atoms with Gasteiger partial charge in [0.15, 0.2) is 0 Å². The number of nitrogens with zero attached hydrogens (tertiary/aromatic N) is 2. The third-order valence-corrected chi connectivity index (χ3v) is 10.2. The minimum Gasteiger partial charge on any atom is -0.446 e. The maximum Gasteiger partial charge on any atom is 0.408 e. The number of alkyl carbamates (subject to hydrolysis) is 1. The van der Waals surface area contributed by atoms with Crippen LogP contribution in [-0.2, 0) is 33.5 Å². The van der Waals surface area contributed by atoms with Crippen LogP contribution in [0.25, 0.3) is 0 Å². The van der Waals surface area contributed by atoms with Crippen LogP contribution >= 0.6 is 0 Å². The minimum atomic E-state index is -1.21. The second-order valence-corrected chi connectivity index (χ2v) is 15.8. The van der Waals surface area contributed by atoms with E-state index in [2.05, 4.69) is 21.3 Å². The molecule has 0 aromatic heterocycles. The van der Waals surface area contributed by atoms with Crippen molar-refractivity contribution >= 4 is 41.4 Å². The van der Waals surface area contributed by atoms with Gasteiger partial charge in [-0.05, 0) is 55.4 Å². The first-order valence-electron chi connectivity index (χ1n) is 18.9. The third-order valence-electron chi connectivity index (χ3n) is 10.2. The van der Waals surface area contributed by atoms with Crippen LogP contribution < -0.4 is 21.3 Å². The van der Waals surface area contributed by atoms with E-state index in [0.717, 1.165) is 32.1 Å². The van der Waals surface area contributed by atoms with E-state index in [1.807, 2.05) is 27.7 Å². The van der Waals surface area contributed by atoms with Gasteiger partial charge in [-0.2, -0.15) is 0 Å². The molecule has 0 radical (unpaired) electrons. The van der Waals surface area contributed by atoms with Crippen molar-refractivity contribution < 1.29 is 38.3 Å². The first-order chi connectivity index (χ1) is 24.9. The average molecular weight is 741 g/mol. The number of carbonyl (C=O) groups excluding carboxylic acids is 7. The molecule has 294 valence electrons. The summed E-state index contributed by atoms with van der Waals surface area (Å²) in [7, 11) is 3.12. The topological polar surface area (TPSA) is 183 Å². The number of hydrogen-bond donors (Lipinski definition) is 4. The number of rotatable bonds is 16. The Labute approximate surface area is 313 Å². The molecule has 1 saturated heterocycles. The van der Waals surface area contributed by atoms with Crippen molar-refractivity contribution in [3.8, 4) is 0 Å². The molecule has 1 aromatic carbocycles. The van der Waals surface area contributed by atoms with Gasteiger partial charge in [-0.1, -0.05) is 90.6 Å². The van der Waals surface area contributed by atoms with Crippen LogP contribution in [0.5, 0.6) is 0 Å². The minimum absolute atomic E-state index is 0.0841. The van der Waals surface area contributed by atoms with Crippen molar-refractivity contribution in [3.63, 3.8) is 0 Å². The Morgan fingerprint density at radius 3 is 2.15 bits per heavy atom. The Balaban J connectivity index is 1.72. The molecule has 0 spiro atoms. The molecule has 14 heteroatoms. The number of hydrogen-bond acceptors (Lipinski definition) is 8. The van der Waals surface area contributed by atoms with E-state index in [9.17, 15) is 33.6 Å². The summed E-state index contributed by atoms with van der Waals surface area (Å²) in [4.78, 5) is 96.2. The number of benzene rings is 1. The highest BCUT2D eigenvalue weighted by Crippen LogP contribution is 2.36. The smallest absolute Gasteiger partial charge is 0.408 e. The maximum atomic E-state index is 14.3. The number of carbonyl (C=O) groups is 7. The molecule has 1 aromatic rings. The van der Waals surface area contributed by atoms with Gasteiger partial charge >= 0.3 is 6.09 Å². The fourth-order valence-corrected chi connectivity index (χ4v) is 6.86. The molecule has 0 bridgehead atoms. The van der Waals surface area contributed by atoms with E-state index in [4.69, 9.17) is 4.74 Å². The molecule has 6 amide bonds. The predicted molar refractivity (Wildman–Crippen MR) is 199 cm³/mol. The summed E-state index contributed by atoms with van der Waals surface area (Å²) < 4.78 is 5.57. The molecule has 3 unspecified atom stereocenters. The molecule has 1 aliphatic heterocycles. The Hall–Kier alpha value is -4.49. The van der Waals surface area contributed by atoms with Crippen LogP contribution in [0.2, 0.25) is 0 Å². The van der Waals surface area contributed by atoms with Crippen molar-refractivity contribution in [2.24, 2.45) is 17.3 Å². The van der Waals surface area contributed by atoms with E-state index in [1.165, 1.54) is 9.80 Å². The molecular formula is C39H60N6O8. The van der Waals surface area contributed by atoms with Crippen molar-refractivity contribution in [1.82, 2.24) is 31.1 Å². The molecule has 5 atom stereocenters. The number of nitrogens with one attached hydrogen (secondary N) is 4. The second kappa shape index (κ2) is 19.5. The van der Waals surface area contributed by atoms with Crippen LogP contribution in [0.15, 0.2) is 30.3 Å². The molecule has 2 fully saturated rings. The average Bonchev–Trinajstić information content (AvgIpc) is 3.46. The first kappa shape index (κ1) is 42.9. The lowest BCUT2D eigenvalue weighted by Gasteiger charge is -2.35. The lowest BCUT2D eigenvalue weighted by atomic mass is 9.83. The van der Waals surface area contributed by atoms with Crippen molar-refractivity contribution in [3.05, 3.63) is 35.9 Å². The lowest BCUT2D eigenvalue weighted by molar-refractivity contribution is -0.143. The third kappa shape index (κ3) is 12.3. The molecule has 53 heavy (non-hydrogen) atoms. The van der Waals surface area contributed by atoms with Crippen LogP contribution in [0.1, 0.15) is 105 Å². The number of ketones is 1. The molecule has 1 saturated carbocycles. The van der Waals surface area contributed by atoms with Gasteiger partial charge in [0.2, 0.25) is 29.4 Å². The summed E-state index contributed by atoms with van der Waals surface area (Å²) in [5.74, 6) is -4.04. The molecule has 1 heterocycles. The molecule has 3 rings (SSSR count). The van der Waals surface area contributed by atoms with Crippen LogP contribution in [0.4, 0.5) is 4.79 Å². The van der Waals surface area contributed by atoms with Gasteiger partial charge in [-0.3, -0.25) is 28.8 Å². The summed E-state index contributed by atoms with van der Waals surface area (Å²) >= 11 is 0. The summed E-state index contributed by atoms with van der Waals surface area (Å²) in [5.41, 5.74) is 0.110. The Morgan fingerprint density at radius 1 is 0.925 bits per heavy atom. The fraction of sp³-hybridized carbons (Fsp3) is 0.667. The molecule has 1 aliphatic carbocycles. The Morgan fingerprint density at radius 2 is 1.57 bits per heavy atom. The van der Waals surface area contributed by atoms with Gasteiger partial charge in [0, 0.05) is 20.6 Å². The van der Waals surface area contributed by atoms with Gasteiger partial charge in [0.05, 0.1) is 12.6 Å². The molecular weight excluding hydrogens is 680 g/mol. The lowest BCUT2D eigenvalue weighted by Crippen LogP contribution is -2.58. The zero-order chi connectivity index (χ0) is 39.5. The van der Waals surface area contributed by atoms with Gasteiger partial charge in [0.1, 0.15) is 24.2 Å². The van der Waals surface area contributed by atoms with Crippen molar-refractivity contribution in [2.45, 2.75) is 123 Å². The SMILES string of the molecule is CCCC(NC(=O)C1CC(C)(C)CN1C(=O)[C@@H](NC(=O)O[C@H](C)C(C)C)C1CCCCC1)C(=O)C(=O)NCC(=O)NC(C(=O)N(C)C)c1ccccc1. The zero-order valence-electron chi connectivity index (χ0n) is 32.7. The quantitative estimate of drug-likeness (QED) is 0.186. The highest BCUT2D eigenvalue weighted by molar-refractivity contribution is 6.38. The normalized spacial score (nSPS) is 19.3. The van der Waals surface area contributed by atoms with E-state index < -0.39 is 65.7 Å². The highest BCUT2D eigenvalue weighted by Gasteiger charge is 2.47. The van der Waals surface area contributed by atoms with Crippen molar-refractivity contribution in [1.29, 1.82) is 0 Å². The van der Waals surface area contributed by atoms with Gasteiger partial charge in [-0.25, -0.2) is 4.79 Å². The summed E-state index contributed by atoms with van der Waals surface area (Å²) in [6.07, 6.45) is 4.28. The molecule has 14 nitrogen and oxygen atoms in total. The van der Waals surface area contributed by atoms with Gasteiger partial charge < -0.3 is 35.8 Å². The standard InChI is InChI=1S/C39H60N6O8/c1-9-16-28(33(47)35(49)40-22-30(46)42-31(36(50)44(7)8)26-17-12-10-13-18-26)41-34(48)29-21-39(5,6)23-45(29)37(51)32(27-19-14-11-15-20-27)43-38(52)53-25(4)24(2)3/h10,12-13,17-18,24-25,27-29,31-32H,9,11,14-16,19-23H2,1-8H3,(H,40,49)(H,41,48)(H,42,46)(H,43,52)/t25-,28?,29?,31?,32+/m1/s1. The Kier molecular flexibility index (Phi) is 15.8. The number of Topliss-reactive ketones (excluding diaryl/α,β-unsaturated/α-hetero) is 1. The van der Waals surface area contributed by atoms with Crippen LogP contribution in [0, 0.1) is 17.3 Å². The number of likely N-dealkylation sites (N-methyl/N-ethyl adjacent to an activating group) is 1. The first-order valence-corrected chi connectivity index (χ1v) is 18.9. The maximum absolute atomic E-state index is 14.3. The number of amides is 6. The fourth-order valence-electron chi connectivity index (χ4n) is 6.86. The Bertz CT molecular complexity index is 1460. The highest BCUT2D eigenvalue weighted by atomic mass is 16.6. The van der Waals surface area contributed by atoms with Crippen LogP contribution in [-0.4, -0.2) is 103 Å². The predicted octanol–water partition coefficient (Wildman–Crippen LogP) is 3.25. The van der Waals surface area contributed by atoms with E-state index >= 15 is 0 Å². The number of ether oxygens (including phenoxy) is 1. The van der Waals surface area contributed by atoms with Gasteiger partial charge in [0.25, 0.3) is 5.91 Å². The summed E-state index contributed by atoms with van der Waals surface area (Å²) in [5, 5.41) is 10.5.